The second-order valence-electron chi connectivity index (χ2n) is 5.34. The summed E-state index contributed by atoms with van der Waals surface area (Å²) in [5.41, 5.74) is -3.84. The molecule has 2 N–H and O–H groups in total. The molecule has 0 fully saturated rings. The summed E-state index contributed by atoms with van der Waals surface area (Å²) in [5.74, 6) is -1.81. The fourth-order valence-corrected chi connectivity index (χ4v) is 3.39. The van der Waals surface area contributed by atoms with Crippen LogP contribution in [0.3, 0.4) is 0 Å². The Hall–Kier alpha value is -1.32. The number of carbonyl (C=O) groups is 1. The number of sulfone groups is 1. The number of benzene rings is 1. The minimum atomic E-state index is -5.17. The number of hydrogen-bond acceptors (Lipinski definition) is 4. The van der Waals surface area contributed by atoms with Crippen LogP contribution in [0.25, 0.3) is 0 Å². The van der Waals surface area contributed by atoms with Gasteiger partial charge in [0.1, 0.15) is 0 Å². The minimum absolute atomic E-state index is 0.0890. The van der Waals surface area contributed by atoms with E-state index in [1.807, 2.05) is 12.2 Å². The summed E-state index contributed by atoms with van der Waals surface area (Å²) in [6.45, 7) is 2.13. The predicted molar refractivity (Wildman–Crippen MR) is 83.7 cm³/mol. The van der Waals surface area contributed by atoms with Crippen LogP contribution < -0.4 is 5.32 Å². The highest BCUT2D eigenvalue weighted by Gasteiger charge is 2.55. The van der Waals surface area contributed by atoms with E-state index >= 15 is 0 Å². The fraction of sp³-hybridized carbons (Fsp3) is 0.500. The normalized spacial score (nSPS) is 15.0. The maximum atomic E-state index is 12.6. The fourth-order valence-electron chi connectivity index (χ4n) is 1.62. The number of alkyl halides is 3. The monoisotopic (exact) mass is 387 g/mol. The Bertz CT molecular complexity index is 717. The maximum absolute atomic E-state index is 12.6. The Morgan fingerprint density at radius 1 is 1.33 bits per heavy atom. The molecule has 0 saturated heterocycles. The van der Waals surface area contributed by atoms with Gasteiger partial charge in [-0.25, -0.2) is 8.42 Å². The van der Waals surface area contributed by atoms with Gasteiger partial charge in [0, 0.05) is 0 Å². The van der Waals surface area contributed by atoms with Gasteiger partial charge in [0.2, 0.25) is 5.60 Å². The van der Waals surface area contributed by atoms with E-state index in [-0.39, 0.29) is 21.4 Å². The molecule has 24 heavy (non-hydrogen) atoms. The largest absolute Gasteiger partial charge is 0.426 e. The summed E-state index contributed by atoms with van der Waals surface area (Å²) in [5, 5.41) is 10.9. The number of nitrogens with one attached hydrogen (secondary N) is 1. The van der Waals surface area contributed by atoms with Crippen molar-refractivity contribution in [1.29, 1.82) is 0 Å². The zero-order valence-corrected chi connectivity index (χ0v) is 14.5. The molecule has 0 unspecified atom stereocenters. The van der Waals surface area contributed by atoms with Crippen LogP contribution >= 0.6 is 11.6 Å². The van der Waals surface area contributed by atoms with Crippen LogP contribution in [0, 0.1) is 0 Å². The molecule has 1 atom stereocenters. The number of carbonyl (C=O) groups excluding carboxylic acids is 1. The number of hydrogen-bond donors (Lipinski definition) is 2. The Balaban J connectivity index is 3.04. The lowest BCUT2D eigenvalue weighted by Gasteiger charge is -2.25. The van der Waals surface area contributed by atoms with Crippen molar-refractivity contribution in [1.82, 2.24) is 0 Å². The van der Waals surface area contributed by atoms with Gasteiger partial charge >= 0.3 is 6.18 Å². The van der Waals surface area contributed by atoms with Gasteiger partial charge in [0.25, 0.3) is 5.91 Å². The summed E-state index contributed by atoms with van der Waals surface area (Å²) in [7, 11) is -3.57. The van der Waals surface area contributed by atoms with Gasteiger partial charge in [-0.3, -0.25) is 4.79 Å². The molecule has 0 heterocycles. The second-order valence-corrected chi connectivity index (χ2v) is 7.85. The maximum Gasteiger partial charge on any atom is 0.426 e. The van der Waals surface area contributed by atoms with Gasteiger partial charge in [-0.1, -0.05) is 24.9 Å². The number of anilines is 1. The van der Waals surface area contributed by atoms with Crippen LogP contribution in [0.15, 0.2) is 23.1 Å². The number of aliphatic hydroxyl groups is 1. The first-order valence-electron chi connectivity index (χ1n) is 6.95. The van der Waals surface area contributed by atoms with E-state index in [1.54, 1.807) is 0 Å². The Labute approximate surface area is 142 Å². The molecule has 0 aromatic heterocycles. The predicted octanol–water partition coefficient (Wildman–Crippen LogP) is 3.17. The molecule has 1 aromatic carbocycles. The molecule has 1 aromatic rings. The Kier molecular flexibility index (Phi) is 6.29. The smallest absolute Gasteiger partial charge is 0.373 e. The van der Waals surface area contributed by atoms with Crippen LogP contribution in [-0.4, -0.2) is 37.0 Å². The zero-order chi connectivity index (χ0) is 18.8. The zero-order valence-electron chi connectivity index (χ0n) is 12.9. The van der Waals surface area contributed by atoms with Gasteiger partial charge < -0.3 is 10.4 Å². The number of rotatable bonds is 6. The van der Waals surface area contributed by atoms with Gasteiger partial charge in [0.15, 0.2) is 9.84 Å². The van der Waals surface area contributed by atoms with Gasteiger partial charge in [-0.05, 0) is 31.5 Å². The molecule has 1 rings (SSSR count). The van der Waals surface area contributed by atoms with Crippen molar-refractivity contribution >= 4 is 33.0 Å². The molecule has 0 aliphatic heterocycles. The average molecular weight is 388 g/mol. The summed E-state index contributed by atoms with van der Waals surface area (Å²) in [6.07, 6.45) is -4.05. The molecule has 0 saturated carbocycles. The SMILES string of the molecule is CCCCS(=O)(=O)c1ccc(NC(=O)[C@@](C)(O)C(F)(F)F)c(Cl)c1. The summed E-state index contributed by atoms with van der Waals surface area (Å²) < 4.78 is 61.9. The molecule has 136 valence electrons. The first kappa shape index (κ1) is 20.7. The molecular weight excluding hydrogens is 371 g/mol. The van der Waals surface area contributed by atoms with Crippen molar-refractivity contribution in [3.63, 3.8) is 0 Å². The molecule has 0 radical (unpaired) electrons. The molecule has 0 spiro atoms. The van der Waals surface area contributed by atoms with E-state index in [0.29, 0.717) is 19.8 Å². The highest BCUT2D eigenvalue weighted by atomic mass is 35.5. The van der Waals surface area contributed by atoms with Crippen LogP contribution in [0.4, 0.5) is 18.9 Å². The Morgan fingerprint density at radius 3 is 2.38 bits per heavy atom. The van der Waals surface area contributed by atoms with Crippen molar-refractivity contribution in [2.75, 3.05) is 11.1 Å². The number of halogens is 4. The lowest BCUT2D eigenvalue weighted by molar-refractivity contribution is -0.242. The van der Waals surface area contributed by atoms with Crippen molar-refractivity contribution in [2.24, 2.45) is 0 Å². The van der Waals surface area contributed by atoms with E-state index in [0.717, 1.165) is 18.2 Å². The van der Waals surface area contributed by atoms with Crippen molar-refractivity contribution in [2.45, 2.75) is 43.4 Å². The lowest BCUT2D eigenvalue weighted by atomic mass is 10.1. The topological polar surface area (TPSA) is 83.5 Å². The van der Waals surface area contributed by atoms with Gasteiger partial charge in [-0.15, -0.1) is 0 Å². The number of amides is 1. The molecule has 0 aliphatic rings. The van der Waals surface area contributed by atoms with Crippen LogP contribution in [0.2, 0.25) is 5.02 Å². The standard InChI is InChI=1S/C14H17ClF3NO4S/c1-3-4-7-24(22,23)9-5-6-11(10(15)8-9)19-12(20)13(2,21)14(16,17)18/h5-6,8,21H,3-4,7H2,1-2H3,(H,19,20)/t13-/m1/s1. The van der Waals surface area contributed by atoms with Crippen molar-refractivity contribution < 1.29 is 31.5 Å². The molecule has 10 heteroatoms. The van der Waals surface area contributed by atoms with Crippen LogP contribution in [0.1, 0.15) is 26.7 Å². The molecule has 5 nitrogen and oxygen atoms in total. The van der Waals surface area contributed by atoms with E-state index in [2.05, 4.69) is 0 Å². The number of unbranched alkanes of at least 4 members (excludes halogenated alkanes) is 1. The Morgan fingerprint density at radius 2 is 1.92 bits per heavy atom. The highest BCUT2D eigenvalue weighted by Crippen LogP contribution is 2.32. The summed E-state index contributed by atoms with van der Waals surface area (Å²) in [6, 6.07) is 3.25. The van der Waals surface area contributed by atoms with E-state index in [1.165, 1.54) is 0 Å². The second kappa shape index (κ2) is 7.28. The molecular formula is C14H17ClF3NO4S. The van der Waals surface area contributed by atoms with Crippen LogP contribution in [-0.2, 0) is 14.6 Å². The first-order chi connectivity index (χ1) is 10.8. The van der Waals surface area contributed by atoms with E-state index < -0.39 is 27.5 Å². The first-order valence-corrected chi connectivity index (χ1v) is 8.99. The quantitative estimate of drug-likeness (QED) is 0.785. The third kappa shape index (κ3) is 4.61. The van der Waals surface area contributed by atoms with E-state index in [4.69, 9.17) is 11.6 Å². The average Bonchev–Trinajstić information content (AvgIpc) is 2.45. The van der Waals surface area contributed by atoms with Gasteiger partial charge in [-0.2, -0.15) is 13.2 Å². The summed E-state index contributed by atoms with van der Waals surface area (Å²) >= 11 is 5.84. The molecule has 0 aliphatic carbocycles. The molecule has 0 bridgehead atoms. The van der Waals surface area contributed by atoms with Crippen molar-refractivity contribution in [3.8, 4) is 0 Å². The van der Waals surface area contributed by atoms with Gasteiger partial charge in [0.05, 0.1) is 21.4 Å². The van der Waals surface area contributed by atoms with Crippen molar-refractivity contribution in [3.05, 3.63) is 23.2 Å². The van der Waals surface area contributed by atoms with Crippen LogP contribution in [0.5, 0.6) is 0 Å². The summed E-state index contributed by atoms with van der Waals surface area (Å²) in [4.78, 5) is 11.5. The third-order valence-corrected chi connectivity index (χ3v) is 5.42. The minimum Gasteiger partial charge on any atom is -0.373 e. The lowest BCUT2D eigenvalue weighted by Crippen LogP contribution is -2.52. The van der Waals surface area contributed by atoms with E-state index in [9.17, 15) is 31.5 Å². The highest BCUT2D eigenvalue weighted by molar-refractivity contribution is 7.91. The molecule has 1 amide bonds. The third-order valence-electron chi connectivity index (χ3n) is 3.31.